The summed E-state index contributed by atoms with van der Waals surface area (Å²) in [6, 6.07) is 7.23. The van der Waals surface area contributed by atoms with E-state index in [1.54, 1.807) is 6.07 Å². The van der Waals surface area contributed by atoms with Gasteiger partial charge >= 0.3 is 0 Å². The molecule has 0 aliphatic heterocycles. The molecule has 28 heavy (non-hydrogen) atoms. The summed E-state index contributed by atoms with van der Waals surface area (Å²) in [5.41, 5.74) is 1.38. The Morgan fingerprint density at radius 3 is 2.14 bits per heavy atom. The van der Waals surface area contributed by atoms with Crippen LogP contribution in [0.5, 0.6) is 0 Å². The molecule has 0 atom stereocenters. The molecule has 3 rings (SSSR count). The van der Waals surface area contributed by atoms with Crippen LogP contribution in [0, 0.1) is 5.82 Å². The van der Waals surface area contributed by atoms with E-state index < -0.39 is 25.7 Å². The Kier molecular flexibility index (Phi) is 5.93. The molecule has 0 spiro atoms. The maximum atomic E-state index is 13.2. The molecule has 2 N–H and O–H groups in total. The van der Waals surface area contributed by atoms with E-state index in [4.69, 9.17) is 5.14 Å². The molecule has 152 valence electrons. The lowest BCUT2D eigenvalue weighted by atomic mass is 9.91. The summed E-state index contributed by atoms with van der Waals surface area (Å²) in [6.45, 7) is 1.94. The Balaban J connectivity index is 2.27. The van der Waals surface area contributed by atoms with Gasteiger partial charge in [0.05, 0.1) is 14.7 Å². The van der Waals surface area contributed by atoms with Gasteiger partial charge in [0, 0.05) is 0 Å². The van der Waals surface area contributed by atoms with Crippen molar-refractivity contribution in [1.29, 1.82) is 0 Å². The molecule has 2 aromatic carbocycles. The largest absolute Gasteiger partial charge is 0.238 e. The van der Waals surface area contributed by atoms with Gasteiger partial charge in [0.2, 0.25) is 19.9 Å². The van der Waals surface area contributed by atoms with Crippen molar-refractivity contribution >= 4 is 19.9 Å². The van der Waals surface area contributed by atoms with E-state index in [2.05, 4.69) is 0 Å². The Morgan fingerprint density at radius 2 is 1.61 bits per heavy atom. The highest BCUT2D eigenvalue weighted by atomic mass is 32.2. The van der Waals surface area contributed by atoms with Gasteiger partial charge in [0.25, 0.3) is 0 Å². The molecule has 0 radical (unpaired) electrons. The van der Waals surface area contributed by atoms with Crippen molar-refractivity contribution in [1.82, 2.24) is 0 Å². The minimum Gasteiger partial charge on any atom is -0.225 e. The number of hydrogen-bond donors (Lipinski definition) is 1. The molecule has 1 fully saturated rings. The fourth-order valence-electron chi connectivity index (χ4n) is 3.92. The molecular weight excluding hydrogens is 401 g/mol. The minimum absolute atomic E-state index is 0.0881. The number of rotatable bonds is 6. The van der Waals surface area contributed by atoms with Gasteiger partial charge in [-0.25, -0.2) is 26.4 Å². The van der Waals surface area contributed by atoms with Crippen molar-refractivity contribution in [2.24, 2.45) is 5.14 Å². The molecule has 0 saturated heterocycles. The Morgan fingerprint density at radius 1 is 1.00 bits per heavy atom. The fourth-order valence-corrected chi connectivity index (χ4v) is 6.17. The summed E-state index contributed by atoms with van der Waals surface area (Å²) in [7, 11) is -8.11. The van der Waals surface area contributed by atoms with Gasteiger partial charge in [-0.3, -0.25) is 0 Å². The summed E-state index contributed by atoms with van der Waals surface area (Å²) < 4.78 is 64.0. The number of sulfone groups is 1. The molecule has 0 heterocycles. The number of halogens is 1. The van der Waals surface area contributed by atoms with Crippen LogP contribution in [0.15, 0.2) is 51.1 Å². The summed E-state index contributed by atoms with van der Waals surface area (Å²) in [5.74, 6) is -0.431. The van der Waals surface area contributed by atoms with Gasteiger partial charge in [-0.2, -0.15) is 0 Å². The van der Waals surface area contributed by atoms with Crippen LogP contribution >= 0.6 is 0 Å². The summed E-state index contributed by atoms with van der Waals surface area (Å²) in [5, 5.41) is 5.45. The average Bonchev–Trinajstić information content (AvgIpc) is 3.16. The number of benzene rings is 2. The highest BCUT2D eigenvalue weighted by Gasteiger charge is 2.29. The normalized spacial score (nSPS) is 15.8. The van der Waals surface area contributed by atoms with Gasteiger partial charge in [0.15, 0.2) is 0 Å². The second-order valence-corrected chi connectivity index (χ2v) is 10.7. The highest BCUT2D eigenvalue weighted by molar-refractivity contribution is 7.91. The SMILES string of the molecule is CCCc1c(C2CCCC2)cc(S(=O)(=O)c2ccc(F)cc2)cc1S(N)(=O)=O. The Hall–Kier alpha value is -1.77. The molecule has 0 aromatic heterocycles. The van der Waals surface area contributed by atoms with Gasteiger partial charge in [0.1, 0.15) is 5.82 Å². The maximum Gasteiger partial charge on any atom is 0.238 e. The average molecular weight is 426 g/mol. The summed E-state index contributed by atoms with van der Waals surface area (Å²) in [4.78, 5) is -0.334. The fraction of sp³-hybridized carbons (Fsp3) is 0.400. The number of primary sulfonamides is 1. The van der Waals surface area contributed by atoms with Crippen LogP contribution in [0.2, 0.25) is 0 Å². The van der Waals surface area contributed by atoms with E-state index in [1.807, 2.05) is 6.92 Å². The molecule has 0 bridgehead atoms. The summed E-state index contributed by atoms with van der Waals surface area (Å²) >= 11 is 0. The van der Waals surface area contributed by atoms with E-state index >= 15 is 0 Å². The standard InChI is InChI=1S/C20H24FNO4S2/c1-2-5-18-19(14-6-3-4-7-14)12-17(13-20(18)28(22,25)26)27(23,24)16-10-8-15(21)9-11-16/h8-14H,2-7H2,1H3,(H2,22,25,26). The number of nitrogens with two attached hydrogens (primary N) is 1. The monoisotopic (exact) mass is 425 g/mol. The highest BCUT2D eigenvalue weighted by Crippen LogP contribution is 2.40. The van der Waals surface area contributed by atoms with Gasteiger partial charge in [-0.15, -0.1) is 0 Å². The van der Waals surface area contributed by atoms with Gasteiger partial charge in [-0.1, -0.05) is 26.2 Å². The Labute approximate surface area is 165 Å². The minimum atomic E-state index is -4.10. The zero-order chi connectivity index (χ0) is 20.5. The third-order valence-corrected chi connectivity index (χ3v) is 7.98. The van der Waals surface area contributed by atoms with Crippen LogP contribution in [0.4, 0.5) is 4.39 Å². The van der Waals surface area contributed by atoms with E-state index in [-0.39, 0.29) is 20.6 Å². The second-order valence-electron chi connectivity index (χ2n) is 7.22. The van der Waals surface area contributed by atoms with Crippen LogP contribution in [0.25, 0.3) is 0 Å². The summed E-state index contributed by atoms with van der Waals surface area (Å²) in [6.07, 6.45) is 5.05. The second kappa shape index (κ2) is 7.93. The van der Waals surface area contributed by atoms with Crippen LogP contribution in [0.1, 0.15) is 56.1 Å². The zero-order valence-electron chi connectivity index (χ0n) is 15.7. The van der Waals surface area contributed by atoms with Crippen molar-refractivity contribution in [3.8, 4) is 0 Å². The molecule has 0 amide bonds. The lowest BCUT2D eigenvalue weighted by Crippen LogP contribution is -2.18. The molecule has 2 aromatic rings. The quantitative estimate of drug-likeness (QED) is 0.710. The first-order chi connectivity index (χ1) is 13.1. The van der Waals surface area contributed by atoms with Crippen molar-refractivity contribution in [3.05, 3.63) is 53.3 Å². The van der Waals surface area contributed by atoms with Crippen molar-refractivity contribution in [2.75, 3.05) is 0 Å². The number of sulfonamides is 1. The zero-order valence-corrected chi connectivity index (χ0v) is 17.3. The predicted molar refractivity (Wildman–Crippen MR) is 105 cm³/mol. The first-order valence-electron chi connectivity index (χ1n) is 9.35. The smallest absolute Gasteiger partial charge is 0.225 e. The molecule has 5 nitrogen and oxygen atoms in total. The van der Waals surface area contributed by atoms with Gasteiger partial charge in [-0.05, 0) is 72.7 Å². The van der Waals surface area contributed by atoms with Crippen LogP contribution in [0.3, 0.4) is 0 Å². The first-order valence-corrected chi connectivity index (χ1v) is 12.4. The first kappa shape index (κ1) is 21.0. The third kappa shape index (κ3) is 4.14. The van der Waals surface area contributed by atoms with Gasteiger partial charge < -0.3 is 0 Å². The Bertz CT molecular complexity index is 1070. The number of hydrogen-bond acceptors (Lipinski definition) is 4. The molecular formula is C20H24FNO4S2. The maximum absolute atomic E-state index is 13.2. The van der Waals surface area contributed by atoms with Crippen LogP contribution < -0.4 is 5.14 Å². The van der Waals surface area contributed by atoms with E-state index in [1.165, 1.54) is 12.1 Å². The lowest BCUT2D eigenvalue weighted by molar-refractivity contribution is 0.591. The van der Waals surface area contributed by atoms with Crippen molar-refractivity contribution in [3.63, 3.8) is 0 Å². The van der Waals surface area contributed by atoms with E-state index in [0.29, 0.717) is 18.4 Å². The predicted octanol–water partition coefficient (Wildman–Crippen LogP) is 3.92. The van der Waals surface area contributed by atoms with Crippen molar-refractivity contribution < 1.29 is 21.2 Å². The molecule has 0 unspecified atom stereocenters. The van der Waals surface area contributed by atoms with E-state index in [0.717, 1.165) is 49.4 Å². The van der Waals surface area contributed by atoms with Crippen LogP contribution in [-0.2, 0) is 26.3 Å². The molecule has 1 aliphatic rings. The molecule has 8 heteroatoms. The topological polar surface area (TPSA) is 94.3 Å². The molecule has 1 saturated carbocycles. The lowest BCUT2D eigenvalue weighted by Gasteiger charge is -2.20. The van der Waals surface area contributed by atoms with Crippen molar-refractivity contribution in [2.45, 2.75) is 66.1 Å². The third-order valence-electron chi connectivity index (χ3n) is 5.25. The molecule has 1 aliphatic carbocycles. The van der Waals surface area contributed by atoms with Crippen LogP contribution in [-0.4, -0.2) is 16.8 Å². The van der Waals surface area contributed by atoms with E-state index in [9.17, 15) is 21.2 Å².